The maximum atomic E-state index is 12.3. The third-order valence-corrected chi connectivity index (χ3v) is 4.11. The second kappa shape index (κ2) is 11.9. The van der Waals surface area contributed by atoms with E-state index in [1.807, 2.05) is 27.7 Å². The standard InChI is InChI=1S/3C8H9F/c1-6-3-4-8(9)5-7(6)2;2*1-2-7-3-5-8(9)6-4-7/h3-5H,1-2H3;2*3-6H,2H2,1H3. The molecule has 0 radical (unpaired) electrons. The van der Waals surface area contributed by atoms with E-state index in [1.54, 1.807) is 30.3 Å². The molecule has 0 saturated carbocycles. The smallest absolute Gasteiger partial charge is 0.123 e. The van der Waals surface area contributed by atoms with Crippen LogP contribution in [0.5, 0.6) is 0 Å². The van der Waals surface area contributed by atoms with Crippen LogP contribution in [-0.2, 0) is 12.8 Å². The van der Waals surface area contributed by atoms with Gasteiger partial charge in [-0.25, -0.2) is 13.2 Å². The van der Waals surface area contributed by atoms with Crippen molar-refractivity contribution in [2.45, 2.75) is 40.5 Å². The highest BCUT2D eigenvalue weighted by molar-refractivity contribution is 5.24. The Morgan fingerprint density at radius 1 is 0.519 bits per heavy atom. The average molecular weight is 372 g/mol. The minimum atomic E-state index is -0.160. The Kier molecular flexibility index (Phi) is 9.95. The molecule has 3 aromatic carbocycles. The topological polar surface area (TPSA) is 0 Å². The first-order valence-electron chi connectivity index (χ1n) is 9.07. The van der Waals surface area contributed by atoms with Gasteiger partial charge < -0.3 is 0 Å². The first kappa shape index (κ1) is 22.5. The molecule has 0 nitrogen and oxygen atoms in total. The van der Waals surface area contributed by atoms with Gasteiger partial charge in [-0.05, 0) is 85.3 Å². The molecule has 0 amide bonds. The molecule has 3 aromatic rings. The predicted octanol–water partition coefficient (Wildman–Crippen LogP) is 7.22. The van der Waals surface area contributed by atoms with Crippen LogP contribution in [0.1, 0.15) is 36.1 Å². The summed E-state index contributed by atoms with van der Waals surface area (Å²) in [5.41, 5.74) is 4.50. The van der Waals surface area contributed by atoms with Gasteiger partial charge >= 0.3 is 0 Å². The maximum Gasteiger partial charge on any atom is 0.123 e. The van der Waals surface area contributed by atoms with E-state index in [-0.39, 0.29) is 17.5 Å². The van der Waals surface area contributed by atoms with E-state index >= 15 is 0 Å². The van der Waals surface area contributed by atoms with Gasteiger partial charge in [0.2, 0.25) is 0 Å². The zero-order chi connectivity index (χ0) is 20.2. The van der Waals surface area contributed by atoms with Crippen molar-refractivity contribution in [2.24, 2.45) is 0 Å². The highest BCUT2D eigenvalue weighted by Gasteiger charge is 1.92. The predicted molar refractivity (Wildman–Crippen MR) is 107 cm³/mol. The van der Waals surface area contributed by atoms with E-state index < -0.39 is 0 Å². The second-order valence-electron chi connectivity index (χ2n) is 6.19. The first-order valence-corrected chi connectivity index (χ1v) is 9.07. The van der Waals surface area contributed by atoms with Gasteiger partial charge in [0.15, 0.2) is 0 Å². The van der Waals surface area contributed by atoms with E-state index in [9.17, 15) is 13.2 Å². The summed E-state index contributed by atoms with van der Waals surface area (Å²) in [6.45, 7) is 7.97. The quantitative estimate of drug-likeness (QED) is 0.445. The molecule has 27 heavy (non-hydrogen) atoms. The van der Waals surface area contributed by atoms with Crippen LogP contribution in [0.2, 0.25) is 0 Å². The van der Waals surface area contributed by atoms with Crippen LogP contribution in [-0.4, -0.2) is 0 Å². The third-order valence-electron chi connectivity index (χ3n) is 4.11. The normalized spacial score (nSPS) is 9.59. The fraction of sp³-hybridized carbons (Fsp3) is 0.250. The van der Waals surface area contributed by atoms with Crippen molar-refractivity contribution in [1.29, 1.82) is 0 Å². The van der Waals surface area contributed by atoms with Gasteiger partial charge in [0, 0.05) is 0 Å². The molecular weight excluding hydrogens is 345 g/mol. The Morgan fingerprint density at radius 2 is 0.889 bits per heavy atom. The second-order valence-corrected chi connectivity index (χ2v) is 6.19. The Balaban J connectivity index is 0.000000202. The summed E-state index contributed by atoms with van der Waals surface area (Å²) >= 11 is 0. The van der Waals surface area contributed by atoms with E-state index in [0.29, 0.717) is 0 Å². The lowest BCUT2D eigenvalue weighted by molar-refractivity contribution is 0.626. The van der Waals surface area contributed by atoms with E-state index in [4.69, 9.17) is 0 Å². The zero-order valence-corrected chi connectivity index (χ0v) is 16.4. The minimum Gasteiger partial charge on any atom is -0.207 e. The molecular formula is C24H27F3. The number of halogens is 3. The molecule has 144 valence electrons. The van der Waals surface area contributed by atoms with E-state index in [0.717, 1.165) is 24.0 Å². The molecule has 0 N–H and O–H groups in total. The Bertz CT molecular complexity index is 745. The lowest BCUT2D eigenvalue weighted by Gasteiger charge is -1.96. The molecule has 0 aromatic heterocycles. The van der Waals surface area contributed by atoms with Crippen LogP contribution in [0.3, 0.4) is 0 Å². The number of hydrogen-bond donors (Lipinski definition) is 0. The fourth-order valence-electron chi connectivity index (χ4n) is 2.15. The summed E-state index contributed by atoms with van der Waals surface area (Å²) < 4.78 is 36.8. The van der Waals surface area contributed by atoms with E-state index in [1.165, 1.54) is 47.5 Å². The Morgan fingerprint density at radius 3 is 1.19 bits per heavy atom. The number of hydrogen-bond acceptors (Lipinski definition) is 0. The third kappa shape index (κ3) is 9.09. The molecule has 3 rings (SSSR count). The molecule has 0 unspecified atom stereocenters. The molecule has 0 saturated heterocycles. The van der Waals surface area contributed by atoms with Gasteiger partial charge in [0.25, 0.3) is 0 Å². The molecule has 0 heterocycles. The lowest BCUT2D eigenvalue weighted by Crippen LogP contribution is -1.80. The first-order chi connectivity index (χ1) is 12.8. The summed E-state index contributed by atoms with van der Waals surface area (Å²) in [5, 5.41) is 0. The summed E-state index contributed by atoms with van der Waals surface area (Å²) in [5.74, 6) is -0.475. The Labute approximate surface area is 160 Å². The largest absolute Gasteiger partial charge is 0.207 e. The van der Waals surface area contributed by atoms with Gasteiger partial charge in [0.05, 0.1) is 0 Å². The SMILES string of the molecule is CCc1ccc(F)cc1.CCc1ccc(F)cc1.Cc1ccc(F)cc1C. The van der Waals surface area contributed by atoms with Crippen LogP contribution >= 0.6 is 0 Å². The van der Waals surface area contributed by atoms with Crippen molar-refractivity contribution in [3.05, 3.63) is 106 Å². The number of aryl methyl sites for hydroxylation is 4. The van der Waals surface area contributed by atoms with Gasteiger partial charge in [-0.15, -0.1) is 0 Å². The highest BCUT2D eigenvalue weighted by Crippen LogP contribution is 2.07. The average Bonchev–Trinajstić information content (AvgIpc) is 2.67. The van der Waals surface area contributed by atoms with Crippen molar-refractivity contribution in [1.82, 2.24) is 0 Å². The van der Waals surface area contributed by atoms with Gasteiger partial charge in [-0.2, -0.15) is 0 Å². The Hall–Kier alpha value is -2.55. The molecule has 0 bridgehead atoms. The molecule has 3 heteroatoms. The number of benzene rings is 3. The van der Waals surface area contributed by atoms with Gasteiger partial charge in [-0.3, -0.25) is 0 Å². The van der Waals surface area contributed by atoms with Crippen molar-refractivity contribution in [3.63, 3.8) is 0 Å². The molecule has 0 spiro atoms. The summed E-state index contributed by atoms with van der Waals surface area (Å²) in [4.78, 5) is 0. The molecule has 0 aliphatic carbocycles. The van der Waals surface area contributed by atoms with Gasteiger partial charge in [-0.1, -0.05) is 44.2 Å². The molecule has 0 atom stereocenters. The molecule has 0 aliphatic heterocycles. The molecule has 0 fully saturated rings. The lowest BCUT2D eigenvalue weighted by atomic mass is 10.1. The summed E-state index contributed by atoms with van der Waals surface area (Å²) in [7, 11) is 0. The van der Waals surface area contributed by atoms with E-state index in [2.05, 4.69) is 0 Å². The minimum absolute atomic E-state index is 0.155. The van der Waals surface area contributed by atoms with Crippen molar-refractivity contribution < 1.29 is 13.2 Å². The van der Waals surface area contributed by atoms with Crippen LogP contribution in [0, 0.1) is 31.3 Å². The summed E-state index contributed by atoms with van der Waals surface area (Å²) in [6.07, 6.45) is 1.94. The number of rotatable bonds is 2. The van der Waals surface area contributed by atoms with Crippen LogP contribution in [0.25, 0.3) is 0 Å². The highest BCUT2D eigenvalue weighted by atomic mass is 19.1. The van der Waals surface area contributed by atoms with Crippen LogP contribution < -0.4 is 0 Å². The zero-order valence-electron chi connectivity index (χ0n) is 16.4. The monoisotopic (exact) mass is 372 g/mol. The fourth-order valence-corrected chi connectivity index (χ4v) is 2.15. The van der Waals surface area contributed by atoms with Crippen LogP contribution in [0.15, 0.2) is 66.7 Å². The van der Waals surface area contributed by atoms with Crippen molar-refractivity contribution in [2.75, 3.05) is 0 Å². The maximum absolute atomic E-state index is 12.3. The van der Waals surface area contributed by atoms with Crippen molar-refractivity contribution in [3.8, 4) is 0 Å². The van der Waals surface area contributed by atoms with Crippen molar-refractivity contribution >= 4 is 0 Å². The van der Waals surface area contributed by atoms with Gasteiger partial charge in [0.1, 0.15) is 17.5 Å². The summed E-state index contributed by atoms with van der Waals surface area (Å²) in [6, 6.07) is 17.9. The molecule has 0 aliphatic rings. The van der Waals surface area contributed by atoms with Crippen LogP contribution in [0.4, 0.5) is 13.2 Å².